The van der Waals surface area contributed by atoms with E-state index in [0.717, 1.165) is 19.3 Å². The smallest absolute Gasteiger partial charge is 0.316 e. The van der Waals surface area contributed by atoms with Crippen molar-refractivity contribution in [1.82, 2.24) is 5.32 Å². The molecule has 0 aliphatic heterocycles. The van der Waals surface area contributed by atoms with Gasteiger partial charge in [0.15, 0.2) is 0 Å². The number of carbonyl (C=O) groups is 2. The van der Waals surface area contributed by atoms with Crippen molar-refractivity contribution in [1.29, 1.82) is 0 Å². The predicted octanol–water partition coefficient (Wildman–Crippen LogP) is 2.82. The number of hydrogen-bond acceptors (Lipinski definition) is 2. The summed E-state index contributed by atoms with van der Waals surface area (Å²) in [6.45, 7) is 7.52. The number of hydrogen-bond donors (Lipinski definition) is 2. The normalized spacial score (nSPS) is 26.3. The molecule has 1 saturated carbocycles. The molecule has 1 aliphatic rings. The largest absolute Gasteiger partial charge is 0.481 e. The second kappa shape index (κ2) is 6.40. The van der Waals surface area contributed by atoms with Gasteiger partial charge < -0.3 is 10.4 Å². The Morgan fingerprint density at radius 3 is 2.26 bits per heavy atom. The van der Waals surface area contributed by atoms with Gasteiger partial charge in [-0.3, -0.25) is 9.59 Å². The molecule has 4 nitrogen and oxygen atoms in total. The maximum Gasteiger partial charge on any atom is 0.316 e. The van der Waals surface area contributed by atoms with Crippen LogP contribution < -0.4 is 5.32 Å². The minimum absolute atomic E-state index is 0.124. The quantitative estimate of drug-likeness (QED) is 0.611. The van der Waals surface area contributed by atoms with E-state index in [1.807, 2.05) is 0 Å². The van der Waals surface area contributed by atoms with Crippen LogP contribution in [0, 0.1) is 17.3 Å². The average molecular weight is 269 g/mol. The second-order valence-electron chi connectivity index (χ2n) is 6.87. The Balaban J connectivity index is 2.73. The summed E-state index contributed by atoms with van der Waals surface area (Å²) in [7, 11) is 0. The first-order chi connectivity index (χ1) is 8.73. The van der Waals surface area contributed by atoms with Crippen LogP contribution in [0.25, 0.3) is 0 Å². The van der Waals surface area contributed by atoms with E-state index in [0.29, 0.717) is 5.92 Å². The highest BCUT2D eigenvalue weighted by atomic mass is 16.4. The topological polar surface area (TPSA) is 66.4 Å². The first kappa shape index (κ1) is 16.0. The number of aliphatic carboxylic acids is 1. The Bertz CT molecular complexity index is 333. The summed E-state index contributed by atoms with van der Waals surface area (Å²) in [6, 6.07) is 0.124. The van der Waals surface area contributed by atoms with Crippen molar-refractivity contribution in [2.24, 2.45) is 17.3 Å². The molecule has 1 amide bonds. The zero-order valence-corrected chi connectivity index (χ0v) is 12.5. The fourth-order valence-electron chi connectivity index (χ4n) is 2.85. The zero-order chi connectivity index (χ0) is 14.6. The van der Waals surface area contributed by atoms with Gasteiger partial charge >= 0.3 is 5.97 Å². The fraction of sp³-hybridized carbons (Fsp3) is 0.867. The first-order valence-corrected chi connectivity index (χ1v) is 7.26. The third-order valence-electron chi connectivity index (χ3n) is 4.06. The maximum absolute atomic E-state index is 12.3. The maximum atomic E-state index is 12.3. The van der Waals surface area contributed by atoms with Crippen molar-refractivity contribution in [3.63, 3.8) is 0 Å². The van der Waals surface area contributed by atoms with Crippen molar-refractivity contribution in [2.75, 3.05) is 0 Å². The summed E-state index contributed by atoms with van der Waals surface area (Å²) in [5, 5.41) is 12.2. The molecule has 1 aliphatic carbocycles. The summed E-state index contributed by atoms with van der Waals surface area (Å²) >= 11 is 0. The van der Waals surface area contributed by atoms with Crippen LogP contribution in [0.1, 0.15) is 59.8 Å². The summed E-state index contributed by atoms with van der Waals surface area (Å²) in [6.07, 6.45) is 5.59. The number of rotatable bonds is 3. The molecule has 0 aromatic carbocycles. The molecule has 1 fully saturated rings. The third-order valence-corrected chi connectivity index (χ3v) is 4.06. The molecule has 3 atom stereocenters. The molecule has 1 rings (SSSR count). The molecule has 0 aromatic rings. The lowest BCUT2D eigenvalue weighted by atomic mass is 9.79. The molecular weight excluding hydrogens is 242 g/mol. The number of nitrogens with one attached hydrogen (secondary N) is 1. The average Bonchev–Trinajstić information content (AvgIpc) is 2.41. The molecule has 4 heteroatoms. The van der Waals surface area contributed by atoms with E-state index in [4.69, 9.17) is 0 Å². The minimum Gasteiger partial charge on any atom is -0.481 e. The molecule has 2 N–H and O–H groups in total. The van der Waals surface area contributed by atoms with Crippen molar-refractivity contribution in [3.8, 4) is 0 Å². The molecule has 0 radical (unpaired) electrons. The van der Waals surface area contributed by atoms with Gasteiger partial charge in [-0.05, 0) is 24.2 Å². The van der Waals surface area contributed by atoms with E-state index in [1.165, 1.54) is 12.8 Å². The molecule has 0 spiro atoms. The van der Waals surface area contributed by atoms with Crippen LogP contribution >= 0.6 is 0 Å². The van der Waals surface area contributed by atoms with Gasteiger partial charge in [-0.1, -0.05) is 47.0 Å². The zero-order valence-electron chi connectivity index (χ0n) is 12.5. The third kappa shape index (κ3) is 4.51. The van der Waals surface area contributed by atoms with Crippen LogP contribution in [0.5, 0.6) is 0 Å². The summed E-state index contributed by atoms with van der Waals surface area (Å²) < 4.78 is 0. The van der Waals surface area contributed by atoms with E-state index in [9.17, 15) is 14.7 Å². The van der Waals surface area contributed by atoms with E-state index in [-0.39, 0.29) is 11.9 Å². The van der Waals surface area contributed by atoms with Crippen LogP contribution in [0.3, 0.4) is 0 Å². The molecule has 0 aromatic heterocycles. The van der Waals surface area contributed by atoms with Gasteiger partial charge in [0.05, 0.1) is 0 Å². The Kier molecular flexibility index (Phi) is 5.39. The molecule has 19 heavy (non-hydrogen) atoms. The van der Waals surface area contributed by atoms with Gasteiger partial charge in [-0.25, -0.2) is 0 Å². The van der Waals surface area contributed by atoms with Crippen LogP contribution in [0.2, 0.25) is 0 Å². The lowest BCUT2D eigenvalue weighted by Gasteiger charge is -2.30. The Morgan fingerprint density at radius 1 is 1.16 bits per heavy atom. The molecule has 0 saturated heterocycles. The van der Waals surface area contributed by atoms with Gasteiger partial charge in [0.2, 0.25) is 5.91 Å². The van der Waals surface area contributed by atoms with Crippen LogP contribution in [-0.2, 0) is 9.59 Å². The van der Waals surface area contributed by atoms with E-state index >= 15 is 0 Å². The highest BCUT2D eigenvalue weighted by Crippen LogP contribution is 2.28. The predicted molar refractivity (Wildman–Crippen MR) is 74.8 cm³/mol. The van der Waals surface area contributed by atoms with Crippen molar-refractivity contribution in [3.05, 3.63) is 0 Å². The Morgan fingerprint density at radius 2 is 1.74 bits per heavy atom. The Labute approximate surface area is 116 Å². The van der Waals surface area contributed by atoms with E-state index in [1.54, 1.807) is 20.8 Å². The van der Waals surface area contributed by atoms with Gasteiger partial charge in [-0.2, -0.15) is 0 Å². The minimum atomic E-state index is -1.04. The van der Waals surface area contributed by atoms with Crippen molar-refractivity contribution in [2.45, 2.75) is 65.8 Å². The number of amides is 1. The monoisotopic (exact) mass is 269 g/mol. The standard InChI is InChI=1S/C15H27NO3/c1-10-8-6-5-7-9-11(10)16-13(17)12(14(18)19)15(2,3)4/h10-12H,5-9H2,1-4H3,(H,16,17)(H,18,19). The van der Waals surface area contributed by atoms with Gasteiger partial charge in [0.25, 0.3) is 0 Å². The summed E-state index contributed by atoms with van der Waals surface area (Å²) in [5.41, 5.74) is -0.566. The highest BCUT2D eigenvalue weighted by molar-refractivity contribution is 5.97. The van der Waals surface area contributed by atoms with Gasteiger partial charge in [-0.15, -0.1) is 0 Å². The van der Waals surface area contributed by atoms with E-state index in [2.05, 4.69) is 12.2 Å². The van der Waals surface area contributed by atoms with Crippen molar-refractivity contribution < 1.29 is 14.7 Å². The molecule has 0 heterocycles. The number of carboxylic acids is 1. The first-order valence-electron chi connectivity index (χ1n) is 7.26. The van der Waals surface area contributed by atoms with E-state index < -0.39 is 17.3 Å². The highest BCUT2D eigenvalue weighted by Gasteiger charge is 2.38. The summed E-state index contributed by atoms with van der Waals surface area (Å²) in [5.74, 6) is -1.92. The molecule has 110 valence electrons. The SMILES string of the molecule is CC1CCCCCC1NC(=O)C(C(=O)O)C(C)(C)C. The lowest BCUT2D eigenvalue weighted by molar-refractivity contribution is -0.151. The molecule has 3 unspecified atom stereocenters. The second-order valence-corrected chi connectivity index (χ2v) is 6.87. The number of carboxylic acid groups (broad SMARTS) is 1. The lowest BCUT2D eigenvalue weighted by Crippen LogP contribution is -2.48. The fourth-order valence-corrected chi connectivity index (χ4v) is 2.85. The van der Waals surface area contributed by atoms with Crippen LogP contribution in [0.15, 0.2) is 0 Å². The summed E-state index contributed by atoms with van der Waals surface area (Å²) in [4.78, 5) is 23.6. The molecule has 0 bridgehead atoms. The van der Waals surface area contributed by atoms with Crippen LogP contribution in [0.4, 0.5) is 0 Å². The van der Waals surface area contributed by atoms with Crippen molar-refractivity contribution >= 4 is 11.9 Å². The van der Waals surface area contributed by atoms with Gasteiger partial charge in [0, 0.05) is 6.04 Å². The molecular formula is C15H27NO3. The Hall–Kier alpha value is -1.06. The van der Waals surface area contributed by atoms with Crippen LogP contribution in [-0.4, -0.2) is 23.0 Å². The number of carbonyl (C=O) groups excluding carboxylic acids is 1. The van der Waals surface area contributed by atoms with Gasteiger partial charge in [0.1, 0.15) is 5.92 Å².